The van der Waals surface area contributed by atoms with E-state index in [1.165, 1.54) is 23.1 Å². The van der Waals surface area contributed by atoms with Gasteiger partial charge in [0, 0.05) is 19.0 Å². The van der Waals surface area contributed by atoms with Crippen molar-refractivity contribution in [1.82, 2.24) is 10.2 Å². The van der Waals surface area contributed by atoms with Gasteiger partial charge in [-0.05, 0) is 36.6 Å². The van der Waals surface area contributed by atoms with Gasteiger partial charge >= 0.3 is 0 Å². The second-order valence-corrected chi connectivity index (χ2v) is 11.2. The van der Waals surface area contributed by atoms with E-state index in [1.54, 1.807) is 0 Å². The number of rotatable bonds is 12. The number of para-hydroxylation sites is 1. The van der Waals surface area contributed by atoms with Gasteiger partial charge in [-0.3, -0.25) is 13.9 Å². The summed E-state index contributed by atoms with van der Waals surface area (Å²) in [7, 11) is -4.02. The molecule has 0 aromatic heterocycles. The zero-order valence-corrected chi connectivity index (χ0v) is 22.7. The zero-order valence-electron chi connectivity index (χ0n) is 21.9. The van der Waals surface area contributed by atoms with Crippen LogP contribution in [0.25, 0.3) is 0 Å². The topological polar surface area (TPSA) is 86.8 Å². The lowest BCUT2D eigenvalue weighted by Crippen LogP contribution is -2.54. The highest BCUT2D eigenvalue weighted by molar-refractivity contribution is 7.92. The molecule has 0 saturated heterocycles. The van der Waals surface area contributed by atoms with Crippen LogP contribution in [0.1, 0.15) is 31.4 Å². The predicted molar refractivity (Wildman–Crippen MR) is 147 cm³/mol. The number of amides is 2. The minimum Gasteiger partial charge on any atom is -0.352 e. The van der Waals surface area contributed by atoms with E-state index in [0.29, 0.717) is 6.42 Å². The van der Waals surface area contributed by atoms with E-state index >= 15 is 0 Å². The SMILES string of the molecule is CC[C@H](C)NC(=O)[C@@H](Cc1ccccc1)N(Cc1ccccc1)C(=O)CN(c1ccccc1F)S(C)(=O)=O. The molecule has 3 rings (SSSR count). The summed E-state index contributed by atoms with van der Waals surface area (Å²) in [6.45, 7) is 3.24. The average molecular weight is 540 g/mol. The molecule has 7 nitrogen and oxygen atoms in total. The summed E-state index contributed by atoms with van der Waals surface area (Å²) in [5.41, 5.74) is 1.38. The van der Waals surface area contributed by atoms with Crippen molar-refractivity contribution >= 4 is 27.5 Å². The Morgan fingerprint density at radius 1 is 0.895 bits per heavy atom. The second kappa shape index (κ2) is 13.2. The first-order chi connectivity index (χ1) is 18.1. The molecule has 38 heavy (non-hydrogen) atoms. The number of nitrogens with one attached hydrogen (secondary N) is 1. The van der Waals surface area contributed by atoms with Crippen LogP contribution in [0.15, 0.2) is 84.9 Å². The van der Waals surface area contributed by atoms with E-state index in [9.17, 15) is 22.4 Å². The molecule has 0 fully saturated rings. The fourth-order valence-electron chi connectivity index (χ4n) is 4.02. The largest absolute Gasteiger partial charge is 0.352 e. The molecule has 3 aromatic rings. The van der Waals surface area contributed by atoms with Gasteiger partial charge in [-0.1, -0.05) is 79.7 Å². The van der Waals surface area contributed by atoms with Crippen LogP contribution in [0.2, 0.25) is 0 Å². The van der Waals surface area contributed by atoms with Crippen molar-refractivity contribution < 1.29 is 22.4 Å². The highest BCUT2D eigenvalue weighted by Gasteiger charge is 2.33. The Kier molecular flexibility index (Phi) is 10.0. The first-order valence-corrected chi connectivity index (χ1v) is 14.3. The van der Waals surface area contributed by atoms with Crippen LogP contribution in [0, 0.1) is 5.82 Å². The van der Waals surface area contributed by atoms with Crippen molar-refractivity contribution in [2.24, 2.45) is 0 Å². The van der Waals surface area contributed by atoms with Crippen LogP contribution >= 0.6 is 0 Å². The normalized spacial score (nSPS) is 12.8. The Bertz CT molecular complexity index is 1320. The molecule has 0 spiro atoms. The molecule has 0 unspecified atom stereocenters. The number of anilines is 1. The summed E-state index contributed by atoms with van der Waals surface area (Å²) in [5, 5.41) is 2.97. The standard InChI is InChI=1S/C29H34FN3O4S/c1-4-22(2)31-29(35)27(19-23-13-7-5-8-14-23)32(20-24-15-9-6-10-16-24)28(34)21-33(38(3,36)37)26-18-12-11-17-25(26)30/h5-18,22,27H,4,19-21H2,1-3H3,(H,31,35)/t22-,27+/m0/s1. The number of hydrogen-bond acceptors (Lipinski definition) is 4. The van der Waals surface area contributed by atoms with Crippen molar-refractivity contribution in [2.45, 2.75) is 45.3 Å². The summed E-state index contributed by atoms with van der Waals surface area (Å²) in [6, 6.07) is 22.8. The lowest BCUT2D eigenvalue weighted by molar-refractivity contribution is -0.140. The Hall–Kier alpha value is -3.72. The van der Waals surface area contributed by atoms with E-state index < -0.39 is 34.3 Å². The molecule has 3 aromatic carbocycles. The number of hydrogen-bond donors (Lipinski definition) is 1. The van der Waals surface area contributed by atoms with Crippen molar-refractivity contribution in [3.8, 4) is 0 Å². The van der Waals surface area contributed by atoms with Gasteiger partial charge in [-0.15, -0.1) is 0 Å². The van der Waals surface area contributed by atoms with E-state index in [-0.39, 0.29) is 30.6 Å². The lowest BCUT2D eigenvalue weighted by atomic mass is 10.0. The van der Waals surface area contributed by atoms with Gasteiger partial charge in [0.1, 0.15) is 18.4 Å². The number of benzene rings is 3. The van der Waals surface area contributed by atoms with Crippen molar-refractivity contribution in [1.29, 1.82) is 0 Å². The molecule has 202 valence electrons. The Balaban J connectivity index is 2.05. The number of sulfonamides is 1. The van der Waals surface area contributed by atoms with Gasteiger partial charge in [-0.2, -0.15) is 0 Å². The van der Waals surface area contributed by atoms with E-state index in [1.807, 2.05) is 74.5 Å². The first-order valence-electron chi connectivity index (χ1n) is 12.5. The van der Waals surface area contributed by atoms with Gasteiger partial charge < -0.3 is 10.2 Å². The first kappa shape index (κ1) is 28.8. The van der Waals surface area contributed by atoms with Crippen molar-refractivity contribution in [2.75, 3.05) is 17.1 Å². The molecule has 1 N–H and O–H groups in total. The van der Waals surface area contributed by atoms with Gasteiger partial charge in [0.15, 0.2) is 0 Å². The van der Waals surface area contributed by atoms with Gasteiger partial charge in [0.25, 0.3) is 0 Å². The number of nitrogens with zero attached hydrogens (tertiary/aromatic N) is 2. The summed E-state index contributed by atoms with van der Waals surface area (Å²) in [5.74, 6) is -1.73. The van der Waals surface area contributed by atoms with Crippen LogP contribution < -0.4 is 9.62 Å². The molecule has 0 aliphatic heterocycles. The molecular weight excluding hydrogens is 505 g/mol. The average Bonchev–Trinajstić information content (AvgIpc) is 2.90. The quantitative estimate of drug-likeness (QED) is 0.375. The molecule has 2 atom stereocenters. The fraction of sp³-hybridized carbons (Fsp3) is 0.310. The molecule has 2 amide bonds. The molecular formula is C29H34FN3O4S. The van der Waals surface area contributed by atoms with Gasteiger partial charge in [0.05, 0.1) is 11.9 Å². The number of carbonyl (C=O) groups excluding carboxylic acids is 2. The molecule has 0 heterocycles. The number of carbonyl (C=O) groups is 2. The minimum atomic E-state index is -4.02. The lowest BCUT2D eigenvalue weighted by Gasteiger charge is -2.34. The van der Waals surface area contributed by atoms with Crippen LogP contribution in [0.5, 0.6) is 0 Å². The van der Waals surface area contributed by atoms with Gasteiger partial charge in [0.2, 0.25) is 21.8 Å². The van der Waals surface area contributed by atoms with Gasteiger partial charge in [-0.25, -0.2) is 12.8 Å². The third-order valence-corrected chi connectivity index (χ3v) is 7.39. The maximum atomic E-state index is 14.6. The monoisotopic (exact) mass is 539 g/mol. The second-order valence-electron chi connectivity index (χ2n) is 9.25. The van der Waals surface area contributed by atoms with Crippen LogP contribution in [-0.4, -0.2) is 50.0 Å². The third kappa shape index (κ3) is 7.89. The Morgan fingerprint density at radius 2 is 1.45 bits per heavy atom. The van der Waals surface area contributed by atoms with Crippen LogP contribution in [0.4, 0.5) is 10.1 Å². The highest BCUT2D eigenvalue weighted by Crippen LogP contribution is 2.23. The van der Waals surface area contributed by atoms with Crippen molar-refractivity contribution in [3.63, 3.8) is 0 Å². The summed E-state index contributed by atoms with van der Waals surface area (Å²) in [6.07, 6.45) is 1.84. The molecule has 0 radical (unpaired) electrons. The van der Waals surface area contributed by atoms with E-state index in [4.69, 9.17) is 0 Å². The number of halogens is 1. The Labute approximate surface area is 224 Å². The maximum Gasteiger partial charge on any atom is 0.244 e. The maximum absolute atomic E-state index is 14.6. The van der Waals surface area contributed by atoms with Crippen LogP contribution in [0.3, 0.4) is 0 Å². The third-order valence-electron chi connectivity index (χ3n) is 6.27. The highest BCUT2D eigenvalue weighted by atomic mass is 32.2. The summed E-state index contributed by atoms with van der Waals surface area (Å²) in [4.78, 5) is 28.8. The molecule has 0 aliphatic carbocycles. The summed E-state index contributed by atoms with van der Waals surface area (Å²) >= 11 is 0. The zero-order chi connectivity index (χ0) is 27.7. The van der Waals surface area contributed by atoms with E-state index in [0.717, 1.165) is 27.8 Å². The molecule has 9 heteroatoms. The van der Waals surface area contributed by atoms with E-state index in [2.05, 4.69) is 5.32 Å². The smallest absolute Gasteiger partial charge is 0.244 e. The van der Waals surface area contributed by atoms with Crippen molar-refractivity contribution in [3.05, 3.63) is 102 Å². The van der Waals surface area contributed by atoms with Crippen LogP contribution in [-0.2, 0) is 32.6 Å². The summed E-state index contributed by atoms with van der Waals surface area (Å²) < 4.78 is 40.8. The molecule has 0 aliphatic rings. The molecule has 0 bridgehead atoms. The Morgan fingerprint density at radius 3 is 2.00 bits per heavy atom. The molecule has 0 saturated carbocycles. The predicted octanol–water partition coefficient (Wildman–Crippen LogP) is 4.15. The minimum absolute atomic E-state index is 0.0694. The fourth-order valence-corrected chi connectivity index (χ4v) is 4.87.